The minimum Gasteiger partial charge on any atom is -0.466 e. The Labute approximate surface area is 127 Å². The third-order valence-corrected chi connectivity index (χ3v) is 3.23. The van der Waals surface area contributed by atoms with Crippen LogP contribution < -0.4 is 10.1 Å². The summed E-state index contributed by atoms with van der Waals surface area (Å²) in [5.74, 6) is 0.871. The number of para-hydroxylation sites is 1. The highest BCUT2D eigenvalue weighted by Crippen LogP contribution is 2.26. The molecule has 22 heavy (non-hydrogen) atoms. The molecule has 0 unspecified atom stereocenters. The first-order valence-electron chi connectivity index (χ1n) is 6.80. The highest BCUT2D eigenvalue weighted by molar-refractivity contribution is 5.95. The number of furan rings is 1. The van der Waals surface area contributed by atoms with Crippen molar-refractivity contribution in [2.45, 2.75) is 33.4 Å². The maximum absolute atomic E-state index is 12.4. The molecule has 1 amide bonds. The van der Waals surface area contributed by atoms with E-state index in [1.165, 1.54) is 6.07 Å². The average molecular weight is 309 g/mol. The molecule has 0 bridgehead atoms. The van der Waals surface area contributed by atoms with Crippen LogP contribution in [0.4, 0.5) is 8.78 Å². The lowest BCUT2D eigenvalue weighted by atomic mass is 10.1. The van der Waals surface area contributed by atoms with Crippen molar-refractivity contribution >= 4 is 5.91 Å². The van der Waals surface area contributed by atoms with Crippen molar-refractivity contribution in [3.05, 3.63) is 53.0 Å². The molecule has 6 heteroatoms. The lowest BCUT2D eigenvalue weighted by molar-refractivity contribution is -0.0506. The first-order chi connectivity index (χ1) is 10.4. The van der Waals surface area contributed by atoms with Crippen molar-refractivity contribution < 1.29 is 22.7 Å². The molecule has 0 aliphatic heterocycles. The number of carbonyl (C=O) groups is 1. The highest BCUT2D eigenvalue weighted by Gasteiger charge is 2.19. The van der Waals surface area contributed by atoms with Gasteiger partial charge in [0.15, 0.2) is 0 Å². The zero-order valence-electron chi connectivity index (χ0n) is 12.5. The maximum atomic E-state index is 12.4. The molecular weight excluding hydrogens is 292 g/mol. The predicted octanol–water partition coefficient (Wildman–Crippen LogP) is 3.99. The number of nitrogens with one attached hydrogen (secondary N) is 1. The summed E-state index contributed by atoms with van der Waals surface area (Å²) in [4.78, 5) is 12.2. The van der Waals surface area contributed by atoms with Crippen molar-refractivity contribution in [3.63, 3.8) is 0 Å². The van der Waals surface area contributed by atoms with E-state index < -0.39 is 12.7 Å². The molecule has 1 aromatic heterocycles. The number of ether oxygens (including phenoxy) is 1. The zero-order valence-corrected chi connectivity index (χ0v) is 12.5. The van der Waals surface area contributed by atoms with Gasteiger partial charge >= 0.3 is 6.61 Å². The number of halogens is 2. The van der Waals surface area contributed by atoms with Crippen LogP contribution in [0.5, 0.6) is 5.75 Å². The number of hydrogen-bond acceptors (Lipinski definition) is 3. The van der Waals surface area contributed by atoms with E-state index in [1.807, 2.05) is 0 Å². The lowest BCUT2D eigenvalue weighted by Crippen LogP contribution is -2.27. The molecule has 0 aliphatic rings. The topological polar surface area (TPSA) is 51.5 Å². The van der Waals surface area contributed by atoms with Crippen LogP contribution in [0.25, 0.3) is 0 Å². The summed E-state index contributed by atoms with van der Waals surface area (Å²) in [5, 5.41) is 2.76. The van der Waals surface area contributed by atoms with Crippen LogP contribution in [0.1, 0.15) is 40.4 Å². The van der Waals surface area contributed by atoms with Crippen molar-refractivity contribution in [2.24, 2.45) is 0 Å². The lowest BCUT2D eigenvalue weighted by Gasteiger charge is -2.17. The fourth-order valence-corrected chi connectivity index (χ4v) is 2.25. The standard InChI is InChI=1S/C16H17F2NO3/c1-9-8-13(11(3)21-9)15(20)19-10(2)12-6-4-5-7-14(12)22-16(17)18/h4-8,10,16H,1-3H3,(H,19,20)/t10-/m1/s1. The van der Waals surface area contributed by atoms with Crippen molar-refractivity contribution in [1.82, 2.24) is 5.32 Å². The summed E-state index contributed by atoms with van der Waals surface area (Å²) < 4.78 is 34.6. The molecule has 2 rings (SSSR count). The van der Waals surface area contributed by atoms with Gasteiger partial charge in [0.25, 0.3) is 5.91 Å². The van der Waals surface area contributed by atoms with E-state index in [0.717, 1.165) is 0 Å². The van der Waals surface area contributed by atoms with Crippen molar-refractivity contribution in [3.8, 4) is 5.75 Å². The number of rotatable bonds is 5. The number of aryl methyl sites for hydroxylation is 2. The molecule has 0 aliphatic carbocycles. The summed E-state index contributed by atoms with van der Waals surface area (Å²) in [6, 6.07) is 7.52. The molecule has 1 N–H and O–H groups in total. The van der Waals surface area contributed by atoms with Crippen molar-refractivity contribution in [2.75, 3.05) is 0 Å². The molecule has 1 heterocycles. The Morgan fingerprint density at radius 2 is 1.95 bits per heavy atom. The molecular formula is C16H17F2NO3. The monoisotopic (exact) mass is 309 g/mol. The number of benzene rings is 1. The molecule has 118 valence electrons. The zero-order chi connectivity index (χ0) is 16.3. The van der Waals surface area contributed by atoms with Crippen LogP contribution in [0.15, 0.2) is 34.7 Å². The van der Waals surface area contributed by atoms with Crippen LogP contribution >= 0.6 is 0 Å². The SMILES string of the molecule is Cc1cc(C(=O)N[C@H](C)c2ccccc2OC(F)F)c(C)o1. The van der Waals surface area contributed by atoms with E-state index in [4.69, 9.17) is 4.42 Å². The fourth-order valence-electron chi connectivity index (χ4n) is 2.25. The van der Waals surface area contributed by atoms with E-state index in [2.05, 4.69) is 10.1 Å². The average Bonchev–Trinajstić information content (AvgIpc) is 2.77. The maximum Gasteiger partial charge on any atom is 0.387 e. The Kier molecular flexibility index (Phi) is 4.80. The minimum atomic E-state index is -2.91. The summed E-state index contributed by atoms with van der Waals surface area (Å²) in [6.07, 6.45) is 0. The van der Waals surface area contributed by atoms with Gasteiger partial charge in [0.05, 0.1) is 11.6 Å². The van der Waals surface area contributed by atoms with Crippen molar-refractivity contribution in [1.29, 1.82) is 0 Å². The predicted molar refractivity (Wildman–Crippen MR) is 77.1 cm³/mol. The van der Waals surface area contributed by atoms with Crippen LogP contribution in [-0.2, 0) is 0 Å². The summed E-state index contributed by atoms with van der Waals surface area (Å²) in [7, 11) is 0. The number of alkyl halides is 2. The Morgan fingerprint density at radius 3 is 2.55 bits per heavy atom. The van der Waals surface area contributed by atoms with Crippen LogP contribution in [0, 0.1) is 13.8 Å². The minimum absolute atomic E-state index is 0.0467. The van der Waals surface area contributed by atoms with Gasteiger partial charge in [0, 0.05) is 5.56 Å². The molecule has 2 aromatic rings. The largest absolute Gasteiger partial charge is 0.466 e. The Bertz CT molecular complexity index is 667. The van der Waals surface area contributed by atoms with Crippen LogP contribution in [0.2, 0.25) is 0 Å². The van der Waals surface area contributed by atoms with Gasteiger partial charge in [-0.05, 0) is 32.9 Å². The van der Waals surface area contributed by atoms with E-state index >= 15 is 0 Å². The molecule has 0 fully saturated rings. The Hall–Kier alpha value is -2.37. The quantitative estimate of drug-likeness (QED) is 0.908. The molecule has 0 radical (unpaired) electrons. The number of amides is 1. The summed E-state index contributed by atoms with van der Waals surface area (Å²) in [5.41, 5.74) is 0.908. The van der Waals surface area contributed by atoms with E-state index in [0.29, 0.717) is 22.6 Å². The van der Waals surface area contributed by atoms with Crippen LogP contribution in [0.3, 0.4) is 0 Å². The van der Waals surface area contributed by atoms with E-state index in [-0.39, 0.29) is 11.7 Å². The third-order valence-electron chi connectivity index (χ3n) is 3.23. The number of carbonyl (C=O) groups excluding carboxylic acids is 1. The first-order valence-corrected chi connectivity index (χ1v) is 6.80. The Morgan fingerprint density at radius 1 is 1.27 bits per heavy atom. The second-order valence-corrected chi connectivity index (χ2v) is 4.94. The van der Waals surface area contributed by atoms with Gasteiger partial charge < -0.3 is 14.5 Å². The molecule has 4 nitrogen and oxygen atoms in total. The van der Waals surface area contributed by atoms with Gasteiger partial charge in [-0.2, -0.15) is 8.78 Å². The molecule has 0 spiro atoms. The molecule has 1 atom stereocenters. The fraction of sp³-hybridized carbons (Fsp3) is 0.312. The smallest absolute Gasteiger partial charge is 0.387 e. The van der Waals surface area contributed by atoms with Gasteiger partial charge in [0.1, 0.15) is 17.3 Å². The van der Waals surface area contributed by atoms with E-state index in [9.17, 15) is 13.6 Å². The highest BCUT2D eigenvalue weighted by atomic mass is 19.3. The Balaban J connectivity index is 2.17. The number of hydrogen-bond donors (Lipinski definition) is 1. The van der Waals surface area contributed by atoms with Gasteiger partial charge in [-0.15, -0.1) is 0 Å². The van der Waals surface area contributed by atoms with Gasteiger partial charge in [-0.25, -0.2) is 0 Å². The second-order valence-electron chi connectivity index (χ2n) is 4.94. The normalized spacial score (nSPS) is 12.3. The third kappa shape index (κ3) is 3.63. The van der Waals surface area contributed by atoms with Gasteiger partial charge in [-0.3, -0.25) is 4.79 Å². The first kappa shape index (κ1) is 16.0. The summed E-state index contributed by atoms with van der Waals surface area (Å²) in [6.45, 7) is 2.23. The molecule has 0 saturated heterocycles. The molecule has 0 saturated carbocycles. The van der Waals surface area contributed by atoms with E-state index in [1.54, 1.807) is 45.0 Å². The van der Waals surface area contributed by atoms with Crippen LogP contribution in [-0.4, -0.2) is 12.5 Å². The van der Waals surface area contributed by atoms with Gasteiger partial charge in [-0.1, -0.05) is 18.2 Å². The van der Waals surface area contributed by atoms with Gasteiger partial charge in [0.2, 0.25) is 0 Å². The summed E-state index contributed by atoms with van der Waals surface area (Å²) >= 11 is 0. The second kappa shape index (κ2) is 6.60. The molecule has 1 aromatic carbocycles.